The Bertz CT molecular complexity index is 379. The van der Waals surface area contributed by atoms with Gasteiger partial charge >= 0.3 is 0 Å². The molecule has 18 heavy (non-hydrogen) atoms. The molecule has 5 heteroatoms. The molecular formula is C13H19NO4. The van der Waals surface area contributed by atoms with Crippen molar-refractivity contribution in [3.05, 3.63) is 23.8 Å². The van der Waals surface area contributed by atoms with Crippen molar-refractivity contribution in [1.82, 2.24) is 5.48 Å². The van der Waals surface area contributed by atoms with Crippen LogP contribution in [0.2, 0.25) is 0 Å². The van der Waals surface area contributed by atoms with Gasteiger partial charge < -0.3 is 14.2 Å². The molecule has 0 spiro atoms. The van der Waals surface area contributed by atoms with Gasteiger partial charge in [-0.15, -0.1) is 0 Å². The van der Waals surface area contributed by atoms with Gasteiger partial charge in [0.25, 0.3) is 0 Å². The van der Waals surface area contributed by atoms with E-state index in [2.05, 4.69) is 5.48 Å². The largest absolute Gasteiger partial charge is 0.493 e. The number of benzene rings is 1. The molecule has 1 aromatic rings. The number of rotatable bonds is 7. The van der Waals surface area contributed by atoms with Crippen molar-refractivity contribution < 1.29 is 19.0 Å². The van der Waals surface area contributed by atoms with E-state index in [4.69, 9.17) is 19.0 Å². The van der Waals surface area contributed by atoms with Crippen molar-refractivity contribution in [2.24, 2.45) is 0 Å². The van der Waals surface area contributed by atoms with Gasteiger partial charge in [-0.1, -0.05) is 12.2 Å². The lowest BCUT2D eigenvalue weighted by Crippen LogP contribution is -2.06. The van der Waals surface area contributed by atoms with Crippen LogP contribution in [0.1, 0.15) is 5.56 Å². The van der Waals surface area contributed by atoms with Crippen molar-refractivity contribution >= 4 is 6.08 Å². The van der Waals surface area contributed by atoms with E-state index in [1.165, 1.54) is 0 Å². The van der Waals surface area contributed by atoms with E-state index in [0.29, 0.717) is 23.9 Å². The number of hydroxylamine groups is 1. The van der Waals surface area contributed by atoms with Crippen molar-refractivity contribution in [1.29, 1.82) is 0 Å². The zero-order valence-electron chi connectivity index (χ0n) is 11.1. The Hall–Kier alpha value is -1.72. The van der Waals surface area contributed by atoms with Crippen molar-refractivity contribution in [2.75, 3.05) is 35.0 Å². The number of methoxy groups -OCH3 is 3. The molecule has 0 fully saturated rings. The van der Waals surface area contributed by atoms with E-state index in [-0.39, 0.29) is 0 Å². The van der Waals surface area contributed by atoms with Crippen LogP contribution < -0.4 is 19.7 Å². The fourth-order valence-electron chi connectivity index (χ4n) is 1.51. The summed E-state index contributed by atoms with van der Waals surface area (Å²) in [4.78, 5) is 4.99. The van der Waals surface area contributed by atoms with E-state index in [9.17, 15) is 0 Å². The van der Waals surface area contributed by atoms with Crippen LogP contribution in [0.4, 0.5) is 0 Å². The first-order valence-electron chi connectivity index (χ1n) is 5.51. The second-order valence-corrected chi connectivity index (χ2v) is 3.38. The Balaban J connectivity index is 2.96. The van der Waals surface area contributed by atoms with Crippen LogP contribution in [0.25, 0.3) is 6.08 Å². The van der Waals surface area contributed by atoms with Gasteiger partial charge in [0.2, 0.25) is 5.75 Å². The Morgan fingerprint density at radius 2 is 1.67 bits per heavy atom. The summed E-state index contributed by atoms with van der Waals surface area (Å²) in [5.41, 5.74) is 3.55. The molecular weight excluding hydrogens is 234 g/mol. The maximum absolute atomic E-state index is 5.26. The summed E-state index contributed by atoms with van der Waals surface area (Å²) in [5, 5.41) is 0. The van der Waals surface area contributed by atoms with E-state index in [1.54, 1.807) is 28.4 Å². The van der Waals surface area contributed by atoms with Gasteiger partial charge in [0.05, 0.1) is 27.9 Å². The molecule has 1 aromatic carbocycles. The van der Waals surface area contributed by atoms with Crippen LogP contribution in [0, 0.1) is 0 Å². The van der Waals surface area contributed by atoms with E-state index >= 15 is 0 Å². The summed E-state index contributed by atoms with van der Waals surface area (Å²) < 4.78 is 15.8. The lowest BCUT2D eigenvalue weighted by atomic mass is 10.1. The standard InChI is InChI=1S/C13H19NO4/c1-14-18-7-5-6-10-8-11(15-2)13(17-4)12(9-10)16-3/h5-6,8-9,14H,7H2,1-4H3/b6-5+. The second-order valence-electron chi connectivity index (χ2n) is 3.38. The van der Waals surface area contributed by atoms with Gasteiger partial charge in [-0.3, -0.25) is 4.84 Å². The molecule has 0 heterocycles. The number of hydrogen-bond donors (Lipinski definition) is 1. The first kappa shape index (κ1) is 14.3. The van der Waals surface area contributed by atoms with Crippen molar-refractivity contribution in [3.63, 3.8) is 0 Å². The average Bonchev–Trinajstić information content (AvgIpc) is 2.42. The second kappa shape index (κ2) is 7.58. The van der Waals surface area contributed by atoms with Gasteiger partial charge in [-0.05, 0) is 17.7 Å². The van der Waals surface area contributed by atoms with Crippen LogP contribution in [-0.4, -0.2) is 35.0 Å². The normalized spacial score (nSPS) is 10.7. The number of ether oxygens (including phenoxy) is 3. The summed E-state index contributed by atoms with van der Waals surface area (Å²) >= 11 is 0. The maximum Gasteiger partial charge on any atom is 0.203 e. The summed E-state index contributed by atoms with van der Waals surface area (Å²) in [7, 11) is 6.48. The molecule has 1 rings (SSSR count). The minimum absolute atomic E-state index is 0.479. The van der Waals surface area contributed by atoms with Crippen LogP contribution in [-0.2, 0) is 4.84 Å². The molecule has 0 saturated carbocycles. The molecule has 0 aliphatic rings. The lowest BCUT2D eigenvalue weighted by Gasteiger charge is -2.12. The minimum atomic E-state index is 0.479. The number of nitrogens with one attached hydrogen (secondary N) is 1. The quantitative estimate of drug-likeness (QED) is 0.594. The highest BCUT2D eigenvalue weighted by Crippen LogP contribution is 2.38. The molecule has 5 nitrogen and oxygen atoms in total. The molecule has 100 valence electrons. The van der Waals surface area contributed by atoms with E-state index < -0.39 is 0 Å². The molecule has 0 aromatic heterocycles. The third kappa shape index (κ3) is 3.65. The van der Waals surface area contributed by atoms with Gasteiger partial charge in [-0.25, -0.2) is 5.48 Å². The third-order valence-corrected chi connectivity index (χ3v) is 2.32. The monoisotopic (exact) mass is 253 g/mol. The average molecular weight is 253 g/mol. The summed E-state index contributed by atoms with van der Waals surface area (Å²) in [6, 6.07) is 3.74. The first-order chi connectivity index (χ1) is 8.76. The molecule has 0 saturated heterocycles. The van der Waals surface area contributed by atoms with Crippen molar-refractivity contribution in [3.8, 4) is 17.2 Å². The smallest absolute Gasteiger partial charge is 0.203 e. The molecule has 0 unspecified atom stereocenters. The highest BCUT2D eigenvalue weighted by Gasteiger charge is 2.11. The molecule has 0 bridgehead atoms. The van der Waals surface area contributed by atoms with E-state index in [0.717, 1.165) is 5.56 Å². The zero-order chi connectivity index (χ0) is 13.4. The SMILES string of the molecule is CNOC/C=C/c1cc(OC)c(OC)c(OC)c1. The predicted octanol–water partition coefficient (Wildman–Crippen LogP) is 1.88. The summed E-state index contributed by atoms with van der Waals surface area (Å²) in [6.07, 6.45) is 3.80. The Morgan fingerprint density at radius 1 is 1.06 bits per heavy atom. The topological polar surface area (TPSA) is 49.0 Å². The highest BCUT2D eigenvalue weighted by molar-refractivity contribution is 5.62. The van der Waals surface area contributed by atoms with Crippen LogP contribution in [0.3, 0.4) is 0 Å². The molecule has 0 aliphatic heterocycles. The van der Waals surface area contributed by atoms with Crippen molar-refractivity contribution in [2.45, 2.75) is 0 Å². The Morgan fingerprint density at radius 3 is 2.11 bits per heavy atom. The van der Waals surface area contributed by atoms with Gasteiger partial charge in [0, 0.05) is 7.05 Å². The van der Waals surface area contributed by atoms with E-state index in [1.807, 2.05) is 24.3 Å². The minimum Gasteiger partial charge on any atom is -0.493 e. The fraction of sp³-hybridized carbons (Fsp3) is 0.385. The fourth-order valence-corrected chi connectivity index (χ4v) is 1.51. The van der Waals surface area contributed by atoms with Crippen LogP contribution >= 0.6 is 0 Å². The molecule has 0 atom stereocenters. The molecule has 1 N–H and O–H groups in total. The summed E-state index contributed by atoms with van der Waals surface area (Å²) in [6.45, 7) is 0.479. The van der Waals surface area contributed by atoms with Crippen LogP contribution in [0.5, 0.6) is 17.2 Å². The number of hydrogen-bond acceptors (Lipinski definition) is 5. The summed E-state index contributed by atoms with van der Waals surface area (Å²) in [5.74, 6) is 1.85. The molecule has 0 radical (unpaired) electrons. The molecule has 0 aliphatic carbocycles. The lowest BCUT2D eigenvalue weighted by molar-refractivity contribution is 0.0814. The van der Waals surface area contributed by atoms with Gasteiger partial charge in [0.15, 0.2) is 11.5 Å². The molecule has 0 amide bonds. The van der Waals surface area contributed by atoms with Gasteiger partial charge in [-0.2, -0.15) is 0 Å². The van der Waals surface area contributed by atoms with Crippen LogP contribution in [0.15, 0.2) is 18.2 Å². The first-order valence-corrected chi connectivity index (χ1v) is 5.51. The highest BCUT2D eigenvalue weighted by atomic mass is 16.6. The Labute approximate surface area is 107 Å². The van der Waals surface area contributed by atoms with Gasteiger partial charge in [0.1, 0.15) is 0 Å². The Kier molecular flexibility index (Phi) is 6.04. The maximum atomic E-state index is 5.26. The predicted molar refractivity (Wildman–Crippen MR) is 70.1 cm³/mol. The third-order valence-electron chi connectivity index (χ3n) is 2.32. The zero-order valence-corrected chi connectivity index (χ0v) is 11.1.